The fourth-order valence-corrected chi connectivity index (χ4v) is 2.69. The van der Waals surface area contributed by atoms with Crippen LogP contribution in [0.25, 0.3) is 0 Å². The number of hydrogen-bond donors (Lipinski definition) is 2. The molecular formula is C15H13ClN4O4. The lowest BCUT2D eigenvalue weighted by Crippen LogP contribution is -2.26. The number of nitrogens with zero attached hydrogens (tertiary/aromatic N) is 3. The topological polar surface area (TPSA) is 105 Å². The highest BCUT2D eigenvalue weighted by Gasteiger charge is 2.24. The van der Waals surface area contributed by atoms with Gasteiger partial charge < -0.3 is 15.2 Å². The summed E-state index contributed by atoms with van der Waals surface area (Å²) in [6, 6.07) is 6.73. The van der Waals surface area contributed by atoms with Crippen LogP contribution in [0, 0.1) is 0 Å². The Bertz CT molecular complexity index is 827. The van der Waals surface area contributed by atoms with E-state index in [-0.39, 0.29) is 10.8 Å². The Balaban J connectivity index is 1.92. The molecule has 0 saturated heterocycles. The molecule has 24 heavy (non-hydrogen) atoms. The average molecular weight is 349 g/mol. The number of rotatable bonds is 3. The van der Waals surface area contributed by atoms with Gasteiger partial charge in [-0.05, 0) is 30.2 Å². The number of methoxy groups -OCH3 is 1. The first-order chi connectivity index (χ1) is 11.5. The van der Waals surface area contributed by atoms with Crippen LogP contribution < -0.4 is 10.2 Å². The van der Waals surface area contributed by atoms with E-state index in [1.165, 1.54) is 18.1 Å². The maximum Gasteiger partial charge on any atom is 0.411 e. The minimum atomic E-state index is -0.979. The van der Waals surface area contributed by atoms with Gasteiger partial charge in [0.1, 0.15) is 0 Å². The van der Waals surface area contributed by atoms with E-state index in [2.05, 4.69) is 20.3 Å². The molecule has 1 amide bonds. The zero-order valence-corrected chi connectivity index (χ0v) is 13.4. The number of fused-ring (bicyclic) bond motifs is 1. The highest BCUT2D eigenvalue weighted by atomic mass is 35.5. The molecule has 3 rings (SSSR count). The van der Waals surface area contributed by atoms with Gasteiger partial charge in [0.15, 0.2) is 10.8 Å². The second kappa shape index (κ2) is 6.32. The number of carbonyl (C=O) groups excluding carboxylic acids is 1. The quantitative estimate of drug-likeness (QED) is 0.821. The molecule has 8 nitrogen and oxygen atoms in total. The van der Waals surface area contributed by atoms with Gasteiger partial charge in [0.25, 0.3) is 0 Å². The highest BCUT2D eigenvalue weighted by molar-refractivity contribution is 6.29. The number of esters is 1. The minimum absolute atomic E-state index is 0.00885. The Morgan fingerprint density at radius 1 is 1.33 bits per heavy atom. The predicted octanol–water partition coefficient (Wildman–Crippen LogP) is 2.70. The third-order valence-electron chi connectivity index (χ3n) is 3.63. The van der Waals surface area contributed by atoms with E-state index < -0.39 is 12.1 Å². The van der Waals surface area contributed by atoms with Crippen LogP contribution in [-0.2, 0) is 11.2 Å². The first-order valence-corrected chi connectivity index (χ1v) is 7.39. The number of anilines is 3. The Labute approximate surface area is 142 Å². The maximum absolute atomic E-state index is 11.8. The van der Waals surface area contributed by atoms with Crippen molar-refractivity contribution in [3.05, 3.63) is 40.7 Å². The molecule has 1 aromatic heterocycles. The summed E-state index contributed by atoms with van der Waals surface area (Å²) in [6.45, 7) is 0.421. The van der Waals surface area contributed by atoms with Crippen molar-refractivity contribution in [1.29, 1.82) is 0 Å². The van der Waals surface area contributed by atoms with E-state index in [1.807, 2.05) is 6.07 Å². The Kier molecular flexibility index (Phi) is 4.22. The SMILES string of the molecule is COC(=O)c1nnc(Cl)cc1Nc1ccc2c(c1)CCN2C(=O)O. The number of hydrogen-bond acceptors (Lipinski definition) is 6. The van der Waals surface area contributed by atoms with E-state index in [0.717, 1.165) is 5.56 Å². The predicted molar refractivity (Wildman–Crippen MR) is 87.2 cm³/mol. The first-order valence-electron chi connectivity index (χ1n) is 7.01. The van der Waals surface area contributed by atoms with Crippen LogP contribution in [0.1, 0.15) is 16.1 Å². The van der Waals surface area contributed by atoms with Gasteiger partial charge >= 0.3 is 12.1 Å². The van der Waals surface area contributed by atoms with Gasteiger partial charge in [0.2, 0.25) is 0 Å². The number of benzene rings is 1. The molecule has 9 heteroatoms. The van der Waals surface area contributed by atoms with Gasteiger partial charge in [-0.1, -0.05) is 11.6 Å². The molecule has 2 heterocycles. The molecule has 0 spiro atoms. The third kappa shape index (κ3) is 2.95. The molecule has 1 aromatic carbocycles. The van der Waals surface area contributed by atoms with Gasteiger partial charge in [-0.3, -0.25) is 4.90 Å². The molecule has 2 aromatic rings. The van der Waals surface area contributed by atoms with E-state index in [0.29, 0.717) is 30.0 Å². The summed E-state index contributed by atoms with van der Waals surface area (Å²) in [5, 5.41) is 19.7. The lowest BCUT2D eigenvalue weighted by atomic mass is 10.1. The molecule has 0 radical (unpaired) electrons. The van der Waals surface area contributed by atoms with Crippen LogP contribution in [-0.4, -0.2) is 41.0 Å². The fraction of sp³-hybridized carbons (Fsp3) is 0.200. The van der Waals surface area contributed by atoms with Crippen LogP contribution in [0.15, 0.2) is 24.3 Å². The van der Waals surface area contributed by atoms with Crippen LogP contribution in [0.4, 0.5) is 21.9 Å². The maximum atomic E-state index is 11.8. The molecule has 1 aliphatic rings. The van der Waals surface area contributed by atoms with Crippen molar-refractivity contribution in [3.63, 3.8) is 0 Å². The smallest absolute Gasteiger partial charge is 0.411 e. The van der Waals surface area contributed by atoms with Gasteiger partial charge in [0.05, 0.1) is 18.5 Å². The number of carboxylic acid groups (broad SMARTS) is 1. The number of nitrogens with one attached hydrogen (secondary N) is 1. The summed E-state index contributed by atoms with van der Waals surface area (Å²) in [7, 11) is 1.25. The van der Waals surface area contributed by atoms with Gasteiger partial charge in [-0.25, -0.2) is 9.59 Å². The monoisotopic (exact) mass is 348 g/mol. The number of ether oxygens (including phenoxy) is 1. The Morgan fingerprint density at radius 2 is 2.12 bits per heavy atom. The molecule has 0 bridgehead atoms. The molecule has 2 N–H and O–H groups in total. The molecule has 0 atom stereocenters. The van der Waals surface area contributed by atoms with Crippen molar-refractivity contribution < 1.29 is 19.4 Å². The van der Waals surface area contributed by atoms with Gasteiger partial charge in [-0.2, -0.15) is 0 Å². The summed E-state index contributed by atoms with van der Waals surface area (Å²) < 4.78 is 4.67. The van der Waals surface area contributed by atoms with Crippen molar-refractivity contribution in [1.82, 2.24) is 10.2 Å². The summed E-state index contributed by atoms with van der Waals surface area (Å²) in [4.78, 5) is 24.2. The largest absolute Gasteiger partial charge is 0.465 e. The van der Waals surface area contributed by atoms with Crippen molar-refractivity contribution in [2.45, 2.75) is 6.42 Å². The molecule has 0 unspecified atom stereocenters. The second-order valence-corrected chi connectivity index (χ2v) is 5.46. The van der Waals surface area contributed by atoms with Crippen molar-refractivity contribution >= 4 is 40.7 Å². The standard InChI is InChI=1S/C15H13ClN4O4/c1-24-14(21)13-10(7-12(16)18-19-13)17-9-2-3-11-8(6-9)4-5-20(11)15(22)23/h2-3,6-7H,4-5H2,1H3,(H,17,18)(H,22,23). The van der Waals surface area contributed by atoms with E-state index in [4.69, 9.17) is 16.7 Å². The summed E-state index contributed by atoms with van der Waals surface area (Å²) in [5.41, 5.74) is 2.60. The van der Waals surface area contributed by atoms with Crippen molar-refractivity contribution in [2.75, 3.05) is 23.9 Å². The second-order valence-electron chi connectivity index (χ2n) is 5.07. The molecule has 124 valence electrons. The average Bonchev–Trinajstić information content (AvgIpc) is 2.97. The van der Waals surface area contributed by atoms with Crippen LogP contribution in [0.2, 0.25) is 5.15 Å². The normalized spacial score (nSPS) is 12.7. The van der Waals surface area contributed by atoms with Crippen LogP contribution >= 0.6 is 11.6 Å². The summed E-state index contributed by atoms with van der Waals surface area (Å²) in [6.07, 6.45) is -0.358. The number of aromatic nitrogens is 2. The molecule has 0 fully saturated rings. The third-order valence-corrected chi connectivity index (χ3v) is 3.81. The molecule has 0 saturated carbocycles. The minimum Gasteiger partial charge on any atom is -0.465 e. The molecular weight excluding hydrogens is 336 g/mol. The number of amides is 1. The highest BCUT2D eigenvalue weighted by Crippen LogP contribution is 2.32. The van der Waals surface area contributed by atoms with Crippen molar-refractivity contribution in [3.8, 4) is 0 Å². The Morgan fingerprint density at radius 3 is 2.83 bits per heavy atom. The fourth-order valence-electron chi connectivity index (χ4n) is 2.54. The summed E-state index contributed by atoms with van der Waals surface area (Å²) in [5.74, 6) is -0.639. The lowest BCUT2D eigenvalue weighted by molar-refractivity contribution is 0.0594. The van der Waals surface area contributed by atoms with Gasteiger partial charge in [0, 0.05) is 18.3 Å². The molecule has 1 aliphatic heterocycles. The van der Waals surface area contributed by atoms with E-state index in [9.17, 15) is 9.59 Å². The van der Waals surface area contributed by atoms with Crippen LogP contribution in [0.3, 0.4) is 0 Å². The Hall–Kier alpha value is -2.87. The summed E-state index contributed by atoms with van der Waals surface area (Å²) >= 11 is 5.84. The lowest BCUT2D eigenvalue weighted by Gasteiger charge is -2.14. The van der Waals surface area contributed by atoms with Crippen molar-refractivity contribution in [2.24, 2.45) is 0 Å². The van der Waals surface area contributed by atoms with Gasteiger partial charge in [-0.15, -0.1) is 10.2 Å². The zero-order chi connectivity index (χ0) is 17.3. The molecule has 0 aliphatic carbocycles. The van der Waals surface area contributed by atoms with E-state index in [1.54, 1.807) is 12.1 Å². The zero-order valence-electron chi connectivity index (χ0n) is 12.6. The number of halogens is 1. The van der Waals surface area contributed by atoms with E-state index >= 15 is 0 Å². The first kappa shape index (κ1) is 16.0. The van der Waals surface area contributed by atoms with Crippen LogP contribution in [0.5, 0.6) is 0 Å². The number of carbonyl (C=O) groups is 2.